The minimum atomic E-state index is 0.747. The zero-order valence-electron chi connectivity index (χ0n) is 3.27. The van der Waals surface area contributed by atoms with Crippen LogP contribution in [-0.4, -0.2) is 5.75 Å². The minimum absolute atomic E-state index is 0.747. The zero-order chi connectivity index (χ0) is 4.12. The molecule has 0 amide bonds. The van der Waals surface area contributed by atoms with E-state index in [-0.39, 0.29) is 0 Å². The Bertz CT molecular complexity index is 30.6. The second kappa shape index (κ2) is 4.09. The topological polar surface area (TPSA) is 0 Å². The highest BCUT2D eigenvalue weighted by atomic mass is 32.1. The van der Waals surface area contributed by atoms with E-state index in [0.717, 1.165) is 5.75 Å². The lowest BCUT2D eigenvalue weighted by Gasteiger charge is -1.85. The summed E-state index contributed by atoms with van der Waals surface area (Å²) in [5.41, 5.74) is 0. The second-order valence-electron chi connectivity index (χ2n) is 0.736. The van der Waals surface area contributed by atoms with Gasteiger partial charge in [-0.3, -0.25) is 0 Å². The maximum absolute atomic E-state index is 4.56. The van der Waals surface area contributed by atoms with E-state index in [0.29, 0.717) is 0 Å². The summed E-state index contributed by atoms with van der Waals surface area (Å²) in [6, 6.07) is 0. The molecule has 0 aliphatic carbocycles. The van der Waals surface area contributed by atoms with Gasteiger partial charge in [0.1, 0.15) is 0 Å². The summed E-state index contributed by atoms with van der Waals surface area (Å²) in [6.45, 7) is 1.96. The third-order valence-corrected chi connectivity index (χ3v) is 0.524. The third kappa shape index (κ3) is 4.09. The predicted octanol–water partition coefficient (Wildman–Crippen LogP) is 1.11. The van der Waals surface area contributed by atoms with Gasteiger partial charge in [-0.25, -0.2) is 0 Å². The first-order valence-corrected chi connectivity index (χ1v) is 2.18. The first kappa shape index (κ1) is 5.09. The van der Waals surface area contributed by atoms with Crippen molar-refractivity contribution in [2.75, 3.05) is 5.75 Å². The lowest BCUT2D eigenvalue weighted by Crippen LogP contribution is -1.59. The Morgan fingerprint density at radius 1 is 1.80 bits per heavy atom. The Balaban J connectivity index is 2.62. The molecule has 0 bridgehead atoms. The minimum Gasteiger partial charge on any atom is -0.789 e. The van der Waals surface area contributed by atoms with Crippen LogP contribution < -0.4 is 0 Å². The maximum atomic E-state index is 4.56. The van der Waals surface area contributed by atoms with Crippen LogP contribution in [0.4, 0.5) is 0 Å². The summed E-state index contributed by atoms with van der Waals surface area (Å²) in [5.74, 6) is 0.747. The lowest BCUT2D eigenvalue weighted by atomic mass is 10.6. The Morgan fingerprint density at radius 2 is 2.40 bits per heavy atom. The quantitative estimate of drug-likeness (QED) is 0.341. The third-order valence-electron chi connectivity index (χ3n) is 0.332. The van der Waals surface area contributed by atoms with Gasteiger partial charge in [0, 0.05) is 0 Å². The molecule has 30 valence electrons. The number of hydrogen-bond donors (Lipinski definition) is 0. The van der Waals surface area contributed by atoms with Crippen molar-refractivity contribution in [3.8, 4) is 0 Å². The second-order valence-corrected chi connectivity index (χ2v) is 1.07. The standard InChI is InChI=1S/C4H8S/c1-2-3-4-5/h2-3,5H,4H2,1H3/p-1/b3-2+. The van der Waals surface area contributed by atoms with Gasteiger partial charge in [-0.2, -0.15) is 5.75 Å². The average molecular weight is 87.2 g/mol. The normalized spacial score (nSPS) is 10.0. The van der Waals surface area contributed by atoms with Gasteiger partial charge in [-0.15, -0.1) is 6.08 Å². The summed E-state index contributed by atoms with van der Waals surface area (Å²) < 4.78 is 0. The molecule has 5 heavy (non-hydrogen) atoms. The van der Waals surface area contributed by atoms with Crippen LogP contribution in [0, 0.1) is 0 Å². The highest BCUT2D eigenvalue weighted by Gasteiger charge is 1.41. The Labute approximate surface area is 38.3 Å². The number of rotatable bonds is 1. The molecule has 0 N–H and O–H groups in total. The van der Waals surface area contributed by atoms with Gasteiger partial charge in [0.05, 0.1) is 0 Å². The number of allylic oxidation sites excluding steroid dienone is 1. The van der Waals surface area contributed by atoms with Crippen molar-refractivity contribution in [3.63, 3.8) is 0 Å². The van der Waals surface area contributed by atoms with Crippen molar-refractivity contribution in [1.82, 2.24) is 0 Å². The molecule has 0 atom stereocenters. The van der Waals surface area contributed by atoms with Crippen LogP contribution >= 0.6 is 0 Å². The van der Waals surface area contributed by atoms with E-state index in [2.05, 4.69) is 12.6 Å². The summed E-state index contributed by atoms with van der Waals surface area (Å²) in [6.07, 6.45) is 3.89. The molecular formula is C4H7S-. The van der Waals surface area contributed by atoms with Gasteiger partial charge in [-0.1, -0.05) is 6.08 Å². The Hall–Kier alpha value is 0.0900. The van der Waals surface area contributed by atoms with Gasteiger partial charge < -0.3 is 12.6 Å². The van der Waals surface area contributed by atoms with Crippen LogP contribution in [0.2, 0.25) is 0 Å². The highest BCUT2D eigenvalue weighted by Crippen LogP contribution is 1.62. The van der Waals surface area contributed by atoms with Crippen molar-refractivity contribution in [2.45, 2.75) is 6.92 Å². The Morgan fingerprint density at radius 3 is 2.40 bits per heavy atom. The van der Waals surface area contributed by atoms with E-state index < -0.39 is 0 Å². The van der Waals surface area contributed by atoms with Gasteiger partial charge in [0.15, 0.2) is 0 Å². The molecule has 0 fully saturated rings. The molecule has 1 heteroatoms. The van der Waals surface area contributed by atoms with Gasteiger partial charge >= 0.3 is 0 Å². The maximum Gasteiger partial charge on any atom is -0.0471 e. The number of hydrogen-bond acceptors (Lipinski definition) is 1. The zero-order valence-corrected chi connectivity index (χ0v) is 4.09. The molecule has 0 nitrogen and oxygen atoms in total. The first-order valence-electron chi connectivity index (χ1n) is 1.61. The van der Waals surface area contributed by atoms with E-state index in [1.807, 2.05) is 19.1 Å². The van der Waals surface area contributed by atoms with Crippen molar-refractivity contribution in [3.05, 3.63) is 12.2 Å². The fraction of sp³-hybridized carbons (Fsp3) is 0.500. The van der Waals surface area contributed by atoms with Crippen LogP contribution in [0.3, 0.4) is 0 Å². The van der Waals surface area contributed by atoms with E-state index in [9.17, 15) is 0 Å². The van der Waals surface area contributed by atoms with Crippen molar-refractivity contribution in [1.29, 1.82) is 0 Å². The first-order chi connectivity index (χ1) is 2.41. The average Bonchev–Trinajstić information content (AvgIpc) is 1.41. The van der Waals surface area contributed by atoms with Gasteiger partial charge in [0.2, 0.25) is 0 Å². The molecule has 0 aromatic rings. The monoisotopic (exact) mass is 87.0 g/mol. The molecule has 0 aliphatic heterocycles. The van der Waals surface area contributed by atoms with E-state index in [1.165, 1.54) is 0 Å². The van der Waals surface area contributed by atoms with Gasteiger partial charge in [-0.05, 0) is 6.92 Å². The molecule has 0 rings (SSSR count). The molecule has 0 unspecified atom stereocenters. The summed E-state index contributed by atoms with van der Waals surface area (Å²) in [5, 5.41) is 0. The van der Waals surface area contributed by atoms with Crippen molar-refractivity contribution >= 4 is 12.6 Å². The fourth-order valence-corrected chi connectivity index (χ4v) is 0.289. The van der Waals surface area contributed by atoms with Crippen LogP contribution in [0.15, 0.2) is 12.2 Å². The van der Waals surface area contributed by atoms with E-state index >= 15 is 0 Å². The molecule has 0 aliphatic rings. The van der Waals surface area contributed by atoms with Crippen molar-refractivity contribution < 1.29 is 0 Å². The lowest BCUT2D eigenvalue weighted by molar-refractivity contribution is 1.66. The molecular weight excluding hydrogens is 80.1 g/mol. The molecule has 0 radical (unpaired) electrons. The summed E-state index contributed by atoms with van der Waals surface area (Å²) in [4.78, 5) is 0. The van der Waals surface area contributed by atoms with Crippen molar-refractivity contribution in [2.24, 2.45) is 0 Å². The molecule has 0 saturated heterocycles. The molecule has 0 aromatic heterocycles. The molecule has 0 aromatic carbocycles. The van der Waals surface area contributed by atoms with Gasteiger partial charge in [0.25, 0.3) is 0 Å². The highest BCUT2D eigenvalue weighted by molar-refractivity contribution is 7.58. The molecule has 0 saturated carbocycles. The van der Waals surface area contributed by atoms with E-state index in [4.69, 9.17) is 0 Å². The van der Waals surface area contributed by atoms with Crippen LogP contribution in [0.25, 0.3) is 0 Å². The van der Waals surface area contributed by atoms with E-state index in [1.54, 1.807) is 0 Å². The summed E-state index contributed by atoms with van der Waals surface area (Å²) in [7, 11) is 0. The smallest absolute Gasteiger partial charge is 0.0471 e. The van der Waals surface area contributed by atoms with Crippen LogP contribution in [0.1, 0.15) is 6.92 Å². The SMILES string of the molecule is C/C=C/C[S-]. The largest absolute Gasteiger partial charge is 0.789 e. The molecule has 0 heterocycles. The van der Waals surface area contributed by atoms with Crippen LogP contribution in [0.5, 0.6) is 0 Å². The Kier molecular flexibility index (Phi) is 4.16. The predicted molar refractivity (Wildman–Crippen MR) is 27.0 cm³/mol. The summed E-state index contributed by atoms with van der Waals surface area (Å²) >= 11 is 4.56. The molecule has 0 spiro atoms. The van der Waals surface area contributed by atoms with Crippen LogP contribution in [-0.2, 0) is 12.6 Å². The fourth-order valence-electron chi connectivity index (χ4n) is 0.0962.